The Bertz CT molecular complexity index is 1920. The van der Waals surface area contributed by atoms with E-state index in [2.05, 4.69) is 10.1 Å². The van der Waals surface area contributed by atoms with Crippen LogP contribution in [0.3, 0.4) is 0 Å². The number of carboxylic acid groups (broad SMARTS) is 1. The van der Waals surface area contributed by atoms with Crippen LogP contribution in [-0.4, -0.2) is 40.2 Å². The minimum Gasteiger partial charge on any atom is -0.481 e. The van der Waals surface area contributed by atoms with Crippen LogP contribution in [0.1, 0.15) is 52.6 Å². The number of aliphatic carboxylic acids is 1. The number of nitrogens with zero attached hydrogens (tertiary/aromatic N) is 1. The molecule has 7 nitrogen and oxygen atoms in total. The number of fused-ring (bicyclic) bond motifs is 2. The van der Waals surface area contributed by atoms with E-state index in [4.69, 9.17) is 16.7 Å². The molecule has 0 spiro atoms. The molecule has 0 saturated carbocycles. The van der Waals surface area contributed by atoms with E-state index in [0.717, 1.165) is 17.4 Å². The number of aromatic nitrogens is 1. The first kappa shape index (κ1) is 32.6. The normalized spacial score (nSPS) is 12.3. The number of nitrogens with one attached hydrogen (secondary N) is 1. The van der Waals surface area contributed by atoms with Gasteiger partial charge in [-0.3, -0.25) is 14.4 Å². The van der Waals surface area contributed by atoms with Crippen LogP contribution in [0.5, 0.6) is 5.75 Å². The summed E-state index contributed by atoms with van der Waals surface area (Å²) in [7, 11) is 0. The van der Waals surface area contributed by atoms with Gasteiger partial charge in [0.15, 0.2) is 5.78 Å². The van der Waals surface area contributed by atoms with E-state index in [1.807, 2.05) is 13.0 Å². The molecule has 0 fully saturated rings. The maximum Gasteiger partial charge on any atom is 0.573 e. The molecule has 0 aliphatic carbocycles. The number of amides is 1. The SMILES string of the molecule is CCCC(Cc1ccc(C(=O)NCCC(=O)O)cc1)C(=O)c1cc2cc(Cl)ccc2n1-c1ccc2ccc(OC(F)(F)F)cc2c1. The van der Waals surface area contributed by atoms with Crippen molar-refractivity contribution >= 4 is 50.9 Å². The van der Waals surface area contributed by atoms with Crippen molar-refractivity contribution in [2.45, 2.75) is 39.0 Å². The number of halogens is 4. The number of alkyl halides is 3. The molecule has 0 radical (unpaired) electrons. The predicted molar refractivity (Wildman–Crippen MR) is 170 cm³/mol. The van der Waals surface area contributed by atoms with Gasteiger partial charge in [-0.05, 0) is 89.8 Å². The third kappa shape index (κ3) is 7.69. The molecule has 238 valence electrons. The van der Waals surface area contributed by atoms with Gasteiger partial charge in [0.05, 0.1) is 17.6 Å². The zero-order valence-electron chi connectivity index (χ0n) is 24.7. The molecule has 4 aromatic carbocycles. The second-order valence-electron chi connectivity index (χ2n) is 11.0. The fourth-order valence-electron chi connectivity index (χ4n) is 5.54. The van der Waals surface area contributed by atoms with Gasteiger partial charge in [-0.1, -0.05) is 49.2 Å². The van der Waals surface area contributed by atoms with E-state index < -0.39 is 18.2 Å². The minimum absolute atomic E-state index is 0.0158. The van der Waals surface area contributed by atoms with Crippen LogP contribution in [-0.2, 0) is 11.2 Å². The van der Waals surface area contributed by atoms with Crippen LogP contribution in [0.25, 0.3) is 27.4 Å². The summed E-state index contributed by atoms with van der Waals surface area (Å²) in [5, 5.41) is 13.8. The summed E-state index contributed by atoms with van der Waals surface area (Å²) in [6.07, 6.45) is -3.27. The molecule has 0 bridgehead atoms. The van der Waals surface area contributed by atoms with Crippen molar-refractivity contribution in [2.24, 2.45) is 5.92 Å². The van der Waals surface area contributed by atoms with Crippen molar-refractivity contribution in [3.63, 3.8) is 0 Å². The van der Waals surface area contributed by atoms with Crippen molar-refractivity contribution in [3.05, 3.63) is 107 Å². The van der Waals surface area contributed by atoms with Crippen LogP contribution in [0.4, 0.5) is 13.2 Å². The number of hydrogen-bond donors (Lipinski definition) is 2. The lowest BCUT2D eigenvalue weighted by Gasteiger charge is -2.18. The molecule has 5 aromatic rings. The molecule has 0 saturated heterocycles. The summed E-state index contributed by atoms with van der Waals surface area (Å²) < 4.78 is 44.6. The Morgan fingerprint density at radius 2 is 1.65 bits per heavy atom. The highest BCUT2D eigenvalue weighted by Crippen LogP contribution is 2.33. The molecule has 1 heterocycles. The van der Waals surface area contributed by atoms with Gasteiger partial charge >= 0.3 is 12.3 Å². The monoisotopic (exact) mass is 650 g/mol. The lowest BCUT2D eigenvalue weighted by Crippen LogP contribution is -2.26. The molecule has 1 aromatic heterocycles. The molecule has 1 amide bonds. The molecular formula is C35H30ClF3N2O5. The van der Waals surface area contributed by atoms with Crippen LogP contribution in [0.2, 0.25) is 5.02 Å². The fraction of sp³-hybridized carbons (Fsp3) is 0.229. The first-order valence-electron chi connectivity index (χ1n) is 14.7. The number of benzene rings is 4. The van der Waals surface area contributed by atoms with Crippen LogP contribution >= 0.6 is 11.6 Å². The average Bonchev–Trinajstić information content (AvgIpc) is 3.38. The topological polar surface area (TPSA) is 97.6 Å². The summed E-state index contributed by atoms with van der Waals surface area (Å²) in [6.45, 7) is 2.01. The van der Waals surface area contributed by atoms with Crippen LogP contribution < -0.4 is 10.1 Å². The van der Waals surface area contributed by atoms with Crippen molar-refractivity contribution in [1.82, 2.24) is 9.88 Å². The van der Waals surface area contributed by atoms with Gasteiger partial charge in [0.25, 0.3) is 5.91 Å². The maximum absolute atomic E-state index is 14.3. The van der Waals surface area contributed by atoms with Gasteiger partial charge in [-0.2, -0.15) is 0 Å². The number of rotatable bonds is 12. The fourth-order valence-corrected chi connectivity index (χ4v) is 5.72. The van der Waals surface area contributed by atoms with E-state index in [9.17, 15) is 27.6 Å². The smallest absolute Gasteiger partial charge is 0.481 e. The van der Waals surface area contributed by atoms with Crippen LogP contribution in [0, 0.1) is 5.92 Å². The van der Waals surface area contributed by atoms with Gasteiger partial charge in [-0.15, -0.1) is 13.2 Å². The quantitative estimate of drug-likeness (QED) is 0.132. The highest BCUT2D eigenvalue weighted by molar-refractivity contribution is 6.31. The standard InChI is InChI=1S/C35H30ClF3N2O5/c1-2-3-24(16-21-4-6-23(7-5-21)34(45)40-15-14-32(42)43)33(44)31-20-26-17-27(36)10-13-30(26)41(31)28-11-8-22-9-12-29(19-25(22)18-28)46-35(37,38)39/h4-13,17-20,24H,2-3,14-16H2,1H3,(H,40,45)(H,42,43). The lowest BCUT2D eigenvalue weighted by atomic mass is 9.89. The Labute approximate surface area is 267 Å². The van der Waals surface area contributed by atoms with E-state index in [0.29, 0.717) is 51.1 Å². The Morgan fingerprint density at radius 1 is 0.913 bits per heavy atom. The number of ether oxygens (including phenoxy) is 1. The van der Waals surface area contributed by atoms with E-state index >= 15 is 0 Å². The molecule has 46 heavy (non-hydrogen) atoms. The van der Waals surface area contributed by atoms with Crippen molar-refractivity contribution < 1.29 is 37.4 Å². The maximum atomic E-state index is 14.3. The first-order valence-corrected chi connectivity index (χ1v) is 15.0. The minimum atomic E-state index is -4.83. The van der Waals surface area contributed by atoms with E-state index in [1.165, 1.54) is 12.1 Å². The van der Waals surface area contributed by atoms with E-state index in [1.54, 1.807) is 71.3 Å². The van der Waals surface area contributed by atoms with Crippen molar-refractivity contribution in [3.8, 4) is 11.4 Å². The number of carboxylic acids is 1. The molecule has 1 unspecified atom stereocenters. The second kappa shape index (κ2) is 13.7. The Morgan fingerprint density at radius 3 is 2.35 bits per heavy atom. The number of carbonyl (C=O) groups is 3. The predicted octanol–water partition coefficient (Wildman–Crippen LogP) is 8.38. The highest BCUT2D eigenvalue weighted by atomic mass is 35.5. The van der Waals surface area contributed by atoms with Crippen molar-refractivity contribution in [1.29, 1.82) is 0 Å². The van der Waals surface area contributed by atoms with E-state index in [-0.39, 0.29) is 30.4 Å². The molecule has 2 N–H and O–H groups in total. The van der Waals surface area contributed by atoms with Crippen LogP contribution in [0.15, 0.2) is 84.9 Å². The summed E-state index contributed by atoms with van der Waals surface area (Å²) in [5.41, 5.74) is 2.94. The van der Waals surface area contributed by atoms with Gasteiger partial charge in [0.2, 0.25) is 0 Å². The second-order valence-corrected chi connectivity index (χ2v) is 11.4. The number of Topliss-reactive ketones (excluding diaryl/α,β-unsaturated/α-hetero) is 1. The molecular weight excluding hydrogens is 621 g/mol. The van der Waals surface area contributed by atoms with Gasteiger partial charge in [0, 0.05) is 34.1 Å². The summed E-state index contributed by atoms with van der Waals surface area (Å²) in [4.78, 5) is 37.4. The molecule has 0 aliphatic heterocycles. The molecule has 11 heteroatoms. The Kier molecular flexibility index (Phi) is 9.67. The average molecular weight is 651 g/mol. The highest BCUT2D eigenvalue weighted by Gasteiger charge is 2.31. The third-order valence-electron chi connectivity index (χ3n) is 7.63. The molecule has 1 atom stereocenters. The first-order chi connectivity index (χ1) is 21.9. The van der Waals surface area contributed by atoms with Gasteiger partial charge in [0.1, 0.15) is 5.75 Å². The lowest BCUT2D eigenvalue weighted by molar-refractivity contribution is -0.274. The Balaban J connectivity index is 1.48. The Hall–Kier alpha value is -4.83. The van der Waals surface area contributed by atoms with Gasteiger partial charge < -0.3 is 19.7 Å². The molecule has 0 aliphatic rings. The zero-order valence-corrected chi connectivity index (χ0v) is 25.5. The largest absolute Gasteiger partial charge is 0.573 e. The van der Waals surface area contributed by atoms with Crippen molar-refractivity contribution in [2.75, 3.05) is 6.54 Å². The van der Waals surface area contributed by atoms with Gasteiger partial charge in [-0.25, -0.2) is 0 Å². The molecule has 5 rings (SSSR count). The number of ketones is 1. The summed E-state index contributed by atoms with van der Waals surface area (Å²) in [5.74, 6) is -2.26. The number of hydrogen-bond acceptors (Lipinski definition) is 4. The number of carbonyl (C=O) groups excluding carboxylic acids is 2. The zero-order chi connectivity index (χ0) is 33.0. The summed E-state index contributed by atoms with van der Waals surface area (Å²) >= 11 is 6.30. The third-order valence-corrected chi connectivity index (χ3v) is 7.87. The summed E-state index contributed by atoms with van der Waals surface area (Å²) in [6, 6.07) is 23.3.